The smallest absolute Gasteiger partial charge is 0.309 e. The van der Waals surface area contributed by atoms with E-state index < -0.39 is 0 Å². The third-order valence-corrected chi connectivity index (χ3v) is 4.60. The maximum absolute atomic E-state index is 11.4. The molecule has 0 saturated heterocycles. The van der Waals surface area contributed by atoms with Crippen LogP contribution in [0.1, 0.15) is 5.56 Å². The van der Waals surface area contributed by atoms with E-state index in [1.165, 1.54) is 7.11 Å². The molecule has 1 N–H and O–H groups in total. The number of nitrogens with one attached hydrogen (secondary N) is 1. The van der Waals surface area contributed by atoms with Crippen molar-refractivity contribution in [1.29, 1.82) is 0 Å². The summed E-state index contributed by atoms with van der Waals surface area (Å²) in [5.74, 6) is 0.474. The molecule has 2 heterocycles. The molecule has 27 heavy (non-hydrogen) atoms. The first-order chi connectivity index (χ1) is 13.1. The zero-order valence-electron chi connectivity index (χ0n) is 14.7. The van der Waals surface area contributed by atoms with Gasteiger partial charge >= 0.3 is 5.97 Å². The van der Waals surface area contributed by atoms with E-state index in [1.54, 1.807) is 7.11 Å². The molecule has 0 fully saturated rings. The van der Waals surface area contributed by atoms with Crippen molar-refractivity contribution in [3.63, 3.8) is 0 Å². The normalized spacial score (nSPS) is 11.1. The predicted molar refractivity (Wildman–Crippen MR) is 104 cm³/mol. The topological polar surface area (TPSA) is 77.1 Å². The van der Waals surface area contributed by atoms with Crippen LogP contribution in [0.15, 0.2) is 42.5 Å². The Morgan fingerprint density at radius 1 is 1.11 bits per heavy atom. The second-order valence-electron chi connectivity index (χ2n) is 6.05. The van der Waals surface area contributed by atoms with E-state index in [0.717, 1.165) is 38.8 Å². The fourth-order valence-electron chi connectivity index (χ4n) is 3.07. The first-order valence-corrected chi connectivity index (χ1v) is 8.66. The van der Waals surface area contributed by atoms with E-state index in [4.69, 9.17) is 21.1 Å². The number of rotatable bonds is 4. The van der Waals surface area contributed by atoms with Gasteiger partial charge in [0, 0.05) is 17.0 Å². The van der Waals surface area contributed by atoms with Crippen LogP contribution in [-0.4, -0.2) is 35.1 Å². The molecule has 0 unspecified atom stereocenters. The van der Waals surface area contributed by atoms with Gasteiger partial charge in [0.05, 0.1) is 37.4 Å². The molecule has 0 aliphatic heterocycles. The van der Waals surface area contributed by atoms with Crippen LogP contribution in [0.5, 0.6) is 5.75 Å². The molecule has 0 radical (unpaired) electrons. The number of carbonyl (C=O) groups is 1. The van der Waals surface area contributed by atoms with Gasteiger partial charge in [-0.2, -0.15) is 0 Å². The number of halogens is 1. The van der Waals surface area contributed by atoms with Crippen molar-refractivity contribution in [3.8, 4) is 17.0 Å². The Hall–Kier alpha value is -3.12. The lowest BCUT2D eigenvalue weighted by Crippen LogP contribution is -2.04. The van der Waals surface area contributed by atoms with E-state index in [-0.39, 0.29) is 17.7 Å². The summed E-state index contributed by atoms with van der Waals surface area (Å²) in [6, 6.07) is 13.3. The number of benzene rings is 2. The molecule has 6 nitrogen and oxygen atoms in total. The Morgan fingerprint density at radius 2 is 1.89 bits per heavy atom. The molecule has 2 aromatic carbocycles. The molecule has 0 saturated carbocycles. The first-order valence-electron chi connectivity index (χ1n) is 8.28. The highest BCUT2D eigenvalue weighted by Gasteiger charge is 2.15. The highest BCUT2D eigenvalue weighted by atomic mass is 35.5. The van der Waals surface area contributed by atoms with Crippen molar-refractivity contribution >= 4 is 39.5 Å². The lowest BCUT2D eigenvalue weighted by atomic mass is 10.1. The van der Waals surface area contributed by atoms with Crippen LogP contribution in [0.3, 0.4) is 0 Å². The molecule has 0 spiro atoms. The van der Waals surface area contributed by atoms with Gasteiger partial charge in [0.25, 0.3) is 0 Å². The SMILES string of the molecule is COC(=O)Cc1ccc(-c2nc(Cl)nc3c2[nH]c2cc(OC)ccc23)cc1. The van der Waals surface area contributed by atoms with Crippen LogP contribution in [0.25, 0.3) is 33.2 Å². The van der Waals surface area contributed by atoms with Crippen molar-refractivity contribution in [3.05, 3.63) is 53.3 Å². The van der Waals surface area contributed by atoms with Crippen LogP contribution in [0.2, 0.25) is 5.28 Å². The minimum Gasteiger partial charge on any atom is -0.497 e. The summed E-state index contributed by atoms with van der Waals surface area (Å²) >= 11 is 6.19. The van der Waals surface area contributed by atoms with Crippen LogP contribution in [0, 0.1) is 0 Å². The van der Waals surface area contributed by atoms with Crippen LogP contribution in [-0.2, 0) is 16.0 Å². The molecule has 0 amide bonds. The zero-order valence-corrected chi connectivity index (χ0v) is 15.5. The van der Waals surface area contributed by atoms with Gasteiger partial charge < -0.3 is 14.5 Å². The number of ether oxygens (including phenoxy) is 2. The molecule has 7 heteroatoms. The third-order valence-electron chi connectivity index (χ3n) is 4.43. The van der Waals surface area contributed by atoms with E-state index >= 15 is 0 Å². The second-order valence-corrected chi connectivity index (χ2v) is 6.39. The minimum atomic E-state index is -0.278. The largest absolute Gasteiger partial charge is 0.497 e. The maximum Gasteiger partial charge on any atom is 0.309 e. The number of H-pyrrole nitrogens is 1. The molecule has 136 valence electrons. The molecule has 0 aliphatic carbocycles. The molecule has 2 aromatic heterocycles. The average molecular weight is 382 g/mol. The molecule has 0 bridgehead atoms. The lowest BCUT2D eigenvalue weighted by molar-refractivity contribution is -0.139. The second kappa shape index (κ2) is 6.89. The summed E-state index contributed by atoms with van der Waals surface area (Å²) in [5.41, 5.74) is 4.87. The Kier molecular flexibility index (Phi) is 4.41. The minimum absolute atomic E-state index is 0.174. The van der Waals surface area contributed by atoms with Crippen molar-refractivity contribution in [1.82, 2.24) is 15.0 Å². The molecule has 4 aromatic rings. The van der Waals surface area contributed by atoms with Crippen LogP contribution < -0.4 is 4.74 Å². The Morgan fingerprint density at radius 3 is 2.59 bits per heavy atom. The zero-order chi connectivity index (χ0) is 19.0. The molecule has 4 rings (SSSR count). The van der Waals surface area contributed by atoms with E-state index in [2.05, 4.69) is 15.0 Å². The fraction of sp³-hybridized carbons (Fsp3) is 0.150. The van der Waals surface area contributed by atoms with Gasteiger partial charge in [-0.15, -0.1) is 0 Å². The molecule has 0 aliphatic rings. The standard InChI is InChI=1S/C20H16ClN3O3/c1-26-13-7-8-14-15(10-13)22-19-17(23-20(21)24-18(14)19)12-5-3-11(4-6-12)9-16(25)27-2/h3-8,10,22H,9H2,1-2H3. The highest BCUT2D eigenvalue weighted by Crippen LogP contribution is 2.33. The van der Waals surface area contributed by atoms with E-state index in [0.29, 0.717) is 5.69 Å². The van der Waals surface area contributed by atoms with Gasteiger partial charge in [-0.1, -0.05) is 24.3 Å². The van der Waals surface area contributed by atoms with Gasteiger partial charge in [-0.05, 0) is 29.3 Å². The Bertz CT molecular complexity index is 1150. The van der Waals surface area contributed by atoms with Crippen molar-refractivity contribution in [2.24, 2.45) is 0 Å². The van der Waals surface area contributed by atoms with Gasteiger partial charge in [0.1, 0.15) is 11.3 Å². The predicted octanol–water partition coefficient (Wildman–Crippen LogP) is 4.16. The number of carbonyl (C=O) groups excluding carboxylic acids is 1. The number of aromatic nitrogens is 3. The summed E-state index contributed by atoms with van der Waals surface area (Å²) in [4.78, 5) is 23.6. The monoisotopic (exact) mass is 381 g/mol. The van der Waals surface area contributed by atoms with Gasteiger partial charge in [0.15, 0.2) is 0 Å². The van der Waals surface area contributed by atoms with Crippen molar-refractivity contribution in [2.45, 2.75) is 6.42 Å². The quantitative estimate of drug-likeness (QED) is 0.424. The average Bonchev–Trinajstić information content (AvgIpc) is 3.05. The summed E-state index contributed by atoms with van der Waals surface area (Å²) < 4.78 is 9.99. The number of fused-ring (bicyclic) bond motifs is 3. The number of hydrogen-bond donors (Lipinski definition) is 1. The maximum atomic E-state index is 11.4. The van der Waals surface area contributed by atoms with E-state index in [1.807, 2.05) is 42.5 Å². The summed E-state index contributed by atoms with van der Waals surface area (Å²) in [5, 5.41) is 1.12. The Balaban J connectivity index is 1.84. The summed E-state index contributed by atoms with van der Waals surface area (Å²) in [6.45, 7) is 0. The Labute approximate surface area is 160 Å². The summed E-state index contributed by atoms with van der Waals surface area (Å²) in [7, 11) is 3.00. The van der Waals surface area contributed by atoms with E-state index in [9.17, 15) is 4.79 Å². The number of hydrogen-bond acceptors (Lipinski definition) is 5. The molecular weight excluding hydrogens is 366 g/mol. The highest BCUT2D eigenvalue weighted by molar-refractivity contribution is 6.29. The van der Waals surface area contributed by atoms with Gasteiger partial charge in [-0.3, -0.25) is 4.79 Å². The number of aromatic amines is 1. The number of esters is 1. The lowest BCUT2D eigenvalue weighted by Gasteiger charge is -2.05. The van der Waals surface area contributed by atoms with Crippen molar-refractivity contribution < 1.29 is 14.3 Å². The fourth-order valence-corrected chi connectivity index (χ4v) is 3.24. The van der Waals surface area contributed by atoms with Crippen LogP contribution in [0.4, 0.5) is 0 Å². The van der Waals surface area contributed by atoms with Gasteiger partial charge in [-0.25, -0.2) is 9.97 Å². The third kappa shape index (κ3) is 3.19. The van der Waals surface area contributed by atoms with Crippen LogP contribution >= 0.6 is 11.6 Å². The summed E-state index contributed by atoms with van der Waals surface area (Å²) in [6.07, 6.45) is 0.225. The molecule has 0 atom stereocenters. The molecular formula is C20H16ClN3O3. The number of nitrogens with zero attached hydrogens (tertiary/aromatic N) is 2. The number of methoxy groups -OCH3 is 2. The first kappa shape index (κ1) is 17.3. The van der Waals surface area contributed by atoms with Gasteiger partial charge in [0.2, 0.25) is 5.28 Å². The van der Waals surface area contributed by atoms with Crippen molar-refractivity contribution in [2.75, 3.05) is 14.2 Å².